The summed E-state index contributed by atoms with van der Waals surface area (Å²) in [6.45, 7) is 0. The molecule has 0 atom stereocenters. The maximum atomic E-state index is 5.13. The van der Waals surface area contributed by atoms with Gasteiger partial charge in [0.05, 0.1) is 55.5 Å². The van der Waals surface area contributed by atoms with Crippen LogP contribution in [0.2, 0.25) is 0 Å². The van der Waals surface area contributed by atoms with E-state index in [-0.39, 0.29) is 0 Å². The van der Waals surface area contributed by atoms with Crippen molar-refractivity contribution in [2.75, 3.05) is 0 Å². The summed E-state index contributed by atoms with van der Waals surface area (Å²) < 4.78 is 9.06. The molecule has 0 aliphatic rings. The highest BCUT2D eigenvalue weighted by atomic mass is 15.2. The molecular weight excluding hydrogens is 1440 g/mol. The molecule has 0 unspecified atom stereocenters. The van der Waals surface area contributed by atoms with Crippen molar-refractivity contribution in [3.05, 3.63) is 413 Å². The van der Waals surface area contributed by atoms with Gasteiger partial charge in [0, 0.05) is 93.4 Å². The van der Waals surface area contributed by atoms with Gasteiger partial charge >= 0.3 is 0 Å². The quantitative estimate of drug-likeness (QED) is 0.112. The lowest BCUT2D eigenvalue weighted by Gasteiger charge is -2.12. The van der Waals surface area contributed by atoms with Crippen molar-refractivity contribution in [2.45, 2.75) is 0 Å². The highest BCUT2D eigenvalue weighted by Gasteiger charge is 2.24. The number of hydrogen-bond acceptors (Lipinski definition) is 8. The molecule has 0 radical (unpaired) electrons. The first-order valence-electron chi connectivity index (χ1n) is 39.5. The predicted molar refractivity (Wildman–Crippen MR) is 482 cm³/mol. The van der Waals surface area contributed by atoms with Crippen LogP contribution in [0, 0.1) is 0 Å². The topological polar surface area (TPSA) is 123 Å². The summed E-state index contributed by atoms with van der Waals surface area (Å²) in [7, 11) is 0. The molecular formula is C106H68N12. The van der Waals surface area contributed by atoms with Crippen molar-refractivity contribution >= 4 is 87.2 Å². The molecule has 12 heteroatoms. The van der Waals surface area contributed by atoms with Gasteiger partial charge in [-0.15, -0.1) is 0 Å². The largest absolute Gasteiger partial charge is 0.309 e. The first kappa shape index (κ1) is 68.6. The van der Waals surface area contributed by atoms with E-state index in [1.807, 2.05) is 133 Å². The summed E-state index contributed by atoms with van der Waals surface area (Å²) in [6.07, 6.45) is 0. The summed E-state index contributed by atoms with van der Waals surface area (Å²) in [5, 5.41) is 9.36. The van der Waals surface area contributed by atoms with Crippen molar-refractivity contribution in [2.24, 2.45) is 0 Å². The minimum Gasteiger partial charge on any atom is -0.309 e. The lowest BCUT2D eigenvalue weighted by molar-refractivity contribution is 0.953. The number of aromatic nitrogens is 12. The molecule has 0 fully saturated rings. The van der Waals surface area contributed by atoms with E-state index in [0.717, 1.165) is 127 Å². The second-order valence-electron chi connectivity index (χ2n) is 29.4. The second-order valence-corrected chi connectivity index (χ2v) is 29.4. The maximum Gasteiger partial charge on any atom is 0.238 e. The fourth-order valence-corrected chi connectivity index (χ4v) is 16.8. The van der Waals surface area contributed by atoms with E-state index >= 15 is 0 Å². The number of para-hydroxylation sites is 5. The van der Waals surface area contributed by atoms with Crippen LogP contribution >= 0.6 is 0 Å². The zero-order chi connectivity index (χ0) is 78.0. The van der Waals surface area contributed by atoms with Gasteiger partial charge in [-0.25, -0.2) is 19.9 Å². The summed E-state index contributed by atoms with van der Waals surface area (Å²) >= 11 is 0. The molecule has 118 heavy (non-hydrogen) atoms. The third kappa shape index (κ3) is 12.3. The predicted octanol–water partition coefficient (Wildman–Crippen LogP) is 25.9. The van der Waals surface area contributed by atoms with E-state index in [9.17, 15) is 0 Å². The van der Waals surface area contributed by atoms with Crippen molar-refractivity contribution in [3.63, 3.8) is 0 Å². The van der Waals surface area contributed by atoms with Crippen LogP contribution in [0.4, 0.5) is 0 Å². The van der Waals surface area contributed by atoms with Gasteiger partial charge in [-0.05, 0) is 125 Å². The third-order valence-corrected chi connectivity index (χ3v) is 22.4. The Balaban J connectivity index is 0.000000143. The summed E-state index contributed by atoms with van der Waals surface area (Å²) in [5.74, 6) is 4.30. The molecule has 0 saturated heterocycles. The van der Waals surface area contributed by atoms with Gasteiger partial charge in [-0.1, -0.05) is 309 Å². The molecule has 0 amide bonds. The van der Waals surface area contributed by atoms with Crippen molar-refractivity contribution in [3.8, 4) is 125 Å². The van der Waals surface area contributed by atoms with Crippen molar-refractivity contribution in [1.82, 2.24) is 58.1 Å². The number of hydrogen-bond donors (Lipinski definition) is 0. The Morgan fingerprint density at radius 1 is 0.136 bits per heavy atom. The Morgan fingerprint density at radius 2 is 0.381 bits per heavy atom. The molecule has 552 valence electrons. The molecule has 12 nitrogen and oxygen atoms in total. The van der Waals surface area contributed by atoms with Crippen LogP contribution in [0.25, 0.3) is 212 Å². The summed E-state index contributed by atoms with van der Waals surface area (Å²) in [6, 6.07) is 144. The van der Waals surface area contributed by atoms with Crippen LogP contribution in [0.3, 0.4) is 0 Å². The van der Waals surface area contributed by atoms with Gasteiger partial charge in [0.25, 0.3) is 0 Å². The Hall–Kier alpha value is -16.2. The average Bonchev–Trinajstić information content (AvgIpc) is 1.58. The van der Waals surface area contributed by atoms with Gasteiger partial charge in [-0.3, -0.25) is 9.13 Å². The minimum absolute atomic E-state index is 0.565. The van der Waals surface area contributed by atoms with E-state index < -0.39 is 0 Å². The number of nitrogens with zero attached hydrogens (tertiary/aromatic N) is 12. The average molecular weight is 1510 g/mol. The Morgan fingerprint density at radius 3 is 0.720 bits per heavy atom. The molecule has 0 N–H and O–H groups in total. The summed E-state index contributed by atoms with van der Waals surface area (Å²) in [5.41, 5.74) is 24.2. The van der Waals surface area contributed by atoms with E-state index in [2.05, 4.69) is 297 Å². The normalized spacial score (nSPS) is 11.6. The second kappa shape index (κ2) is 29.1. The molecule has 0 saturated carbocycles. The Kier molecular flexibility index (Phi) is 16.9. The van der Waals surface area contributed by atoms with E-state index in [0.29, 0.717) is 41.0 Å². The SMILES string of the molecule is c1ccc(-c2cc(-c3ccccc3)nc(-c3cccc(-n4c5ccccc5c5cc(-c6ccc7c(c6)c6ccccc6n7-c6ccccc6)ccc54)c3)n2)cc1.c1ccc(-c2nc(-c3ccccc3)nc(-n3c4ccccc4c4cc(-c5ccc6c(c5)c5ccccc5n6-c5nc(-c6ccccc6)nc(-c6ccccc6)n5)ccc43)n2)cc1. The molecule has 7 heterocycles. The lowest BCUT2D eigenvalue weighted by atomic mass is 10.0. The van der Waals surface area contributed by atoms with Crippen LogP contribution in [0.5, 0.6) is 0 Å². The number of fused-ring (bicyclic) bond motifs is 12. The number of benzene rings is 16. The van der Waals surface area contributed by atoms with Crippen LogP contribution in [0.15, 0.2) is 413 Å². The number of rotatable bonds is 13. The minimum atomic E-state index is 0.565. The molecule has 0 spiro atoms. The van der Waals surface area contributed by atoms with Crippen molar-refractivity contribution < 1.29 is 0 Å². The van der Waals surface area contributed by atoms with E-state index in [1.165, 1.54) is 43.7 Å². The van der Waals surface area contributed by atoms with Crippen LogP contribution in [-0.4, -0.2) is 58.1 Å². The molecule has 23 rings (SSSR count). The summed E-state index contributed by atoms with van der Waals surface area (Å²) in [4.78, 5) is 40.6. The van der Waals surface area contributed by atoms with Crippen LogP contribution < -0.4 is 0 Å². The van der Waals surface area contributed by atoms with Gasteiger partial charge in [-0.2, -0.15) is 19.9 Å². The molecule has 0 bridgehead atoms. The molecule has 0 aliphatic heterocycles. The first-order chi connectivity index (χ1) is 58.5. The molecule has 23 aromatic rings. The third-order valence-electron chi connectivity index (χ3n) is 22.4. The smallest absolute Gasteiger partial charge is 0.238 e. The van der Waals surface area contributed by atoms with Crippen molar-refractivity contribution in [1.29, 1.82) is 0 Å². The Labute approximate surface area is 678 Å². The molecule has 16 aromatic carbocycles. The van der Waals surface area contributed by atoms with Gasteiger partial charge in [0.2, 0.25) is 11.9 Å². The fraction of sp³-hybridized carbons (Fsp3) is 0. The lowest BCUT2D eigenvalue weighted by Crippen LogP contribution is -2.06. The Bertz CT molecular complexity index is 7360. The standard InChI is InChI=1S/C54H34N8.C52H34N4/c1-5-17-35(18-6-1)49-55-50(36-19-7-2-8-20-36)58-53(57-49)61-45-27-15-13-25-41(45)43-33-39(29-31-47(43)61)40-30-32-48-44(34-40)42-26-14-16-28-46(42)62(48)54-59-51(37-21-9-3-10-22-37)56-52(60-54)38-23-11-4-12-24-38;1-4-15-35(16-5-1)46-34-47(36-17-6-2-7-18-36)54-52(53-46)39-19-14-22-41(31-39)56-49-26-13-11-24-43(49)45-33-38(28-30-51(45)56)37-27-29-50-44(32-37)42-23-10-12-25-48(42)55(50)40-20-8-3-9-21-40/h1-34H;1-34H. The van der Waals surface area contributed by atoms with Gasteiger partial charge in [0.1, 0.15) is 0 Å². The van der Waals surface area contributed by atoms with E-state index in [4.69, 9.17) is 39.9 Å². The zero-order valence-corrected chi connectivity index (χ0v) is 63.6. The van der Waals surface area contributed by atoms with Gasteiger partial charge in [0.15, 0.2) is 29.1 Å². The fourth-order valence-electron chi connectivity index (χ4n) is 16.8. The highest BCUT2D eigenvalue weighted by Crippen LogP contribution is 2.43. The molecule has 0 aliphatic carbocycles. The zero-order valence-electron chi connectivity index (χ0n) is 63.6. The van der Waals surface area contributed by atoms with E-state index in [1.54, 1.807) is 0 Å². The molecule has 7 aromatic heterocycles. The van der Waals surface area contributed by atoms with Crippen LogP contribution in [0.1, 0.15) is 0 Å². The maximum absolute atomic E-state index is 5.13. The van der Waals surface area contributed by atoms with Gasteiger partial charge < -0.3 is 9.13 Å². The monoisotopic (exact) mass is 1510 g/mol. The first-order valence-corrected chi connectivity index (χ1v) is 39.5. The highest BCUT2D eigenvalue weighted by molar-refractivity contribution is 6.15. The van der Waals surface area contributed by atoms with Crippen LogP contribution in [-0.2, 0) is 0 Å².